The zero-order chi connectivity index (χ0) is 20.8. The minimum absolute atomic E-state index is 0.289. The third-order valence-electron chi connectivity index (χ3n) is 4.09. The van der Waals surface area contributed by atoms with Gasteiger partial charge >= 0.3 is 0 Å². The number of aryl methyl sites for hydroxylation is 1. The maximum atomic E-state index is 12.5. The molecule has 0 fully saturated rings. The summed E-state index contributed by atoms with van der Waals surface area (Å²) in [6.45, 7) is 3.55. The molecule has 0 saturated heterocycles. The van der Waals surface area contributed by atoms with Crippen molar-refractivity contribution in [1.82, 2.24) is 4.98 Å². The second kappa shape index (κ2) is 9.21. The maximum absolute atomic E-state index is 12.5. The van der Waals surface area contributed by atoms with E-state index in [2.05, 4.69) is 15.6 Å². The zero-order valence-electron chi connectivity index (χ0n) is 16.0. The normalized spacial score (nSPS) is 11.4. The predicted octanol–water partition coefficient (Wildman–Crippen LogP) is 4.70. The van der Waals surface area contributed by atoms with E-state index in [0.29, 0.717) is 27.7 Å². The van der Waals surface area contributed by atoms with E-state index in [-0.39, 0.29) is 11.8 Å². The summed E-state index contributed by atoms with van der Waals surface area (Å²) in [5, 5.41) is 5.97. The van der Waals surface area contributed by atoms with Crippen molar-refractivity contribution < 1.29 is 14.3 Å². The second-order valence-corrected chi connectivity index (χ2v) is 6.86. The molecule has 0 radical (unpaired) electrons. The van der Waals surface area contributed by atoms with Crippen molar-refractivity contribution in [3.63, 3.8) is 0 Å². The van der Waals surface area contributed by atoms with E-state index in [1.54, 1.807) is 67.8 Å². The molecule has 3 aromatic rings. The van der Waals surface area contributed by atoms with Crippen LogP contribution in [-0.4, -0.2) is 22.9 Å². The second-order valence-electron chi connectivity index (χ2n) is 6.45. The highest BCUT2D eigenvalue weighted by Crippen LogP contribution is 2.26. The van der Waals surface area contributed by atoms with Crippen LogP contribution in [0.15, 0.2) is 67.0 Å². The lowest BCUT2D eigenvalue weighted by atomic mass is 10.1. The Morgan fingerprint density at radius 3 is 2.52 bits per heavy atom. The topological polar surface area (TPSA) is 80.3 Å². The molecule has 2 amide bonds. The van der Waals surface area contributed by atoms with Crippen LogP contribution < -0.4 is 15.4 Å². The third-order valence-corrected chi connectivity index (χ3v) is 4.40. The first-order chi connectivity index (χ1) is 13.9. The maximum Gasteiger partial charge on any atom is 0.265 e. The molecule has 3 rings (SSSR count). The van der Waals surface area contributed by atoms with Crippen LogP contribution >= 0.6 is 11.6 Å². The van der Waals surface area contributed by atoms with E-state index in [0.717, 1.165) is 5.56 Å². The summed E-state index contributed by atoms with van der Waals surface area (Å²) in [7, 11) is 0. The van der Waals surface area contributed by atoms with Crippen LogP contribution in [0.2, 0.25) is 5.02 Å². The number of rotatable bonds is 6. The van der Waals surface area contributed by atoms with Gasteiger partial charge in [0.25, 0.3) is 11.8 Å². The number of hydrogen-bond acceptors (Lipinski definition) is 4. The Morgan fingerprint density at radius 2 is 1.76 bits per heavy atom. The van der Waals surface area contributed by atoms with Gasteiger partial charge in [-0.1, -0.05) is 23.7 Å². The van der Waals surface area contributed by atoms with Crippen molar-refractivity contribution in [1.29, 1.82) is 0 Å². The van der Waals surface area contributed by atoms with Gasteiger partial charge in [-0.2, -0.15) is 0 Å². The number of anilines is 2. The van der Waals surface area contributed by atoms with Gasteiger partial charge in [0.15, 0.2) is 6.10 Å². The van der Waals surface area contributed by atoms with Gasteiger partial charge in [0, 0.05) is 29.3 Å². The molecule has 0 aliphatic heterocycles. The van der Waals surface area contributed by atoms with Gasteiger partial charge in [0.2, 0.25) is 0 Å². The zero-order valence-corrected chi connectivity index (χ0v) is 16.7. The molecule has 1 atom stereocenters. The average molecular weight is 410 g/mol. The number of pyridine rings is 1. The van der Waals surface area contributed by atoms with Crippen LogP contribution in [0.4, 0.5) is 11.4 Å². The third kappa shape index (κ3) is 5.56. The molecule has 148 valence electrons. The fraction of sp³-hybridized carbons (Fsp3) is 0.136. The Hall–Kier alpha value is -3.38. The van der Waals surface area contributed by atoms with Gasteiger partial charge in [0.05, 0.1) is 5.02 Å². The predicted molar refractivity (Wildman–Crippen MR) is 114 cm³/mol. The summed E-state index contributed by atoms with van der Waals surface area (Å²) < 4.78 is 5.69. The van der Waals surface area contributed by atoms with Crippen LogP contribution in [0.1, 0.15) is 22.8 Å². The first-order valence-electron chi connectivity index (χ1n) is 8.97. The summed E-state index contributed by atoms with van der Waals surface area (Å²) in [5.41, 5.74) is 2.51. The first kappa shape index (κ1) is 20.4. The molecule has 0 saturated carbocycles. The fourth-order valence-corrected chi connectivity index (χ4v) is 2.73. The Balaban J connectivity index is 1.65. The van der Waals surface area contributed by atoms with E-state index in [1.807, 2.05) is 13.0 Å². The highest BCUT2D eigenvalue weighted by molar-refractivity contribution is 6.32. The van der Waals surface area contributed by atoms with Gasteiger partial charge in [-0.05, 0) is 61.9 Å². The Bertz CT molecular complexity index is 1020. The summed E-state index contributed by atoms with van der Waals surface area (Å²) in [5.74, 6) is -0.197. The molecule has 1 aromatic heterocycles. The lowest BCUT2D eigenvalue weighted by Crippen LogP contribution is -2.30. The lowest BCUT2D eigenvalue weighted by Gasteiger charge is -2.16. The largest absolute Gasteiger partial charge is 0.479 e. The van der Waals surface area contributed by atoms with Crippen molar-refractivity contribution in [3.8, 4) is 5.75 Å². The smallest absolute Gasteiger partial charge is 0.265 e. The molecular weight excluding hydrogens is 390 g/mol. The van der Waals surface area contributed by atoms with E-state index < -0.39 is 6.10 Å². The minimum atomic E-state index is -0.774. The number of aromatic nitrogens is 1. The molecule has 29 heavy (non-hydrogen) atoms. The number of halogens is 1. The van der Waals surface area contributed by atoms with Crippen molar-refractivity contribution in [2.24, 2.45) is 0 Å². The number of carbonyl (C=O) groups excluding carboxylic acids is 2. The van der Waals surface area contributed by atoms with Crippen LogP contribution in [0.5, 0.6) is 5.75 Å². The van der Waals surface area contributed by atoms with Crippen LogP contribution in [0.25, 0.3) is 0 Å². The molecule has 0 aliphatic carbocycles. The summed E-state index contributed by atoms with van der Waals surface area (Å²) >= 11 is 6.12. The van der Waals surface area contributed by atoms with Crippen molar-refractivity contribution in [3.05, 3.63) is 83.1 Å². The highest BCUT2D eigenvalue weighted by Gasteiger charge is 2.17. The van der Waals surface area contributed by atoms with Crippen molar-refractivity contribution in [2.45, 2.75) is 20.0 Å². The molecule has 7 heteroatoms. The van der Waals surface area contributed by atoms with Gasteiger partial charge in [-0.25, -0.2) is 0 Å². The number of amides is 2. The van der Waals surface area contributed by atoms with Crippen molar-refractivity contribution >= 4 is 34.8 Å². The summed E-state index contributed by atoms with van der Waals surface area (Å²) in [6.07, 6.45) is 2.41. The van der Waals surface area contributed by atoms with E-state index >= 15 is 0 Å². The Labute approximate surface area is 173 Å². The number of nitrogens with one attached hydrogen (secondary N) is 2. The highest BCUT2D eigenvalue weighted by atomic mass is 35.5. The Kier molecular flexibility index (Phi) is 6.46. The molecule has 0 aliphatic rings. The molecule has 2 aromatic carbocycles. The molecule has 0 bridgehead atoms. The molecule has 1 unspecified atom stereocenters. The molecule has 1 heterocycles. The fourth-order valence-electron chi connectivity index (χ4n) is 2.57. The summed E-state index contributed by atoms with van der Waals surface area (Å²) in [4.78, 5) is 28.8. The number of hydrogen-bond donors (Lipinski definition) is 2. The van der Waals surface area contributed by atoms with Crippen molar-refractivity contribution in [2.75, 3.05) is 10.6 Å². The van der Waals surface area contributed by atoms with Gasteiger partial charge in [0.1, 0.15) is 5.75 Å². The standard InChI is InChI=1S/C22H20ClN3O3/c1-14-6-7-19(23)20(12-14)29-15(2)21(27)26-18-5-3-4-16(13-18)22(28)25-17-8-10-24-11-9-17/h3-13,15H,1-2H3,(H,26,27)(H,24,25,28). The average Bonchev–Trinajstić information content (AvgIpc) is 2.71. The lowest BCUT2D eigenvalue weighted by molar-refractivity contribution is -0.122. The quantitative estimate of drug-likeness (QED) is 0.618. The van der Waals surface area contributed by atoms with E-state index in [4.69, 9.17) is 16.3 Å². The monoisotopic (exact) mass is 409 g/mol. The van der Waals surface area contributed by atoms with Gasteiger partial charge in [-0.3, -0.25) is 14.6 Å². The van der Waals surface area contributed by atoms with Crippen LogP contribution in [0.3, 0.4) is 0 Å². The Morgan fingerprint density at radius 1 is 1.00 bits per heavy atom. The van der Waals surface area contributed by atoms with Gasteiger partial charge < -0.3 is 15.4 Å². The number of carbonyl (C=O) groups is 2. The molecule has 2 N–H and O–H groups in total. The molecular formula is C22H20ClN3O3. The molecule has 0 spiro atoms. The van der Waals surface area contributed by atoms with Crippen LogP contribution in [-0.2, 0) is 4.79 Å². The number of ether oxygens (including phenoxy) is 1. The number of benzene rings is 2. The summed E-state index contributed by atoms with van der Waals surface area (Å²) in [6, 6.07) is 15.4. The van der Waals surface area contributed by atoms with Crippen LogP contribution in [0, 0.1) is 6.92 Å². The van der Waals surface area contributed by atoms with E-state index in [1.165, 1.54) is 0 Å². The first-order valence-corrected chi connectivity index (χ1v) is 9.35. The van der Waals surface area contributed by atoms with E-state index in [9.17, 15) is 9.59 Å². The SMILES string of the molecule is Cc1ccc(Cl)c(OC(C)C(=O)Nc2cccc(C(=O)Nc3ccncc3)c2)c1. The minimum Gasteiger partial charge on any atom is -0.479 e. The number of nitrogens with zero attached hydrogens (tertiary/aromatic N) is 1. The molecule has 6 nitrogen and oxygen atoms in total. The van der Waals surface area contributed by atoms with Gasteiger partial charge in [-0.15, -0.1) is 0 Å².